The van der Waals surface area contributed by atoms with E-state index in [2.05, 4.69) is 15.3 Å². The van der Waals surface area contributed by atoms with E-state index in [9.17, 15) is 9.59 Å². The van der Waals surface area contributed by atoms with Gasteiger partial charge in [0.15, 0.2) is 0 Å². The van der Waals surface area contributed by atoms with Crippen molar-refractivity contribution < 1.29 is 4.79 Å². The van der Waals surface area contributed by atoms with Crippen molar-refractivity contribution >= 4 is 17.2 Å². The van der Waals surface area contributed by atoms with Crippen LogP contribution in [0.25, 0.3) is 0 Å². The minimum absolute atomic E-state index is 0.112. The summed E-state index contributed by atoms with van der Waals surface area (Å²) in [7, 11) is 0. The number of rotatable bonds is 3. The first kappa shape index (κ1) is 11.5. The van der Waals surface area contributed by atoms with Crippen molar-refractivity contribution in [3.8, 4) is 0 Å². The summed E-state index contributed by atoms with van der Waals surface area (Å²) in [5.41, 5.74) is 0.651. The van der Waals surface area contributed by atoms with Gasteiger partial charge in [-0.15, -0.1) is 11.3 Å². The van der Waals surface area contributed by atoms with Crippen LogP contribution in [0.4, 0.5) is 0 Å². The Labute approximate surface area is 102 Å². The van der Waals surface area contributed by atoms with E-state index in [1.54, 1.807) is 6.07 Å². The largest absolute Gasteiger partial charge is 0.345 e. The van der Waals surface area contributed by atoms with E-state index in [0.717, 1.165) is 10.7 Å². The molecule has 88 valence electrons. The lowest BCUT2D eigenvalue weighted by Gasteiger charge is -2.01. The lowest BCUT2D eigenvalue weighted by Crippen LogP contribution is -2.28. The smallest absolute Gasteiger partial charge is 0.260 e. The molecular weight excluding hydrogens is 238 g/mol. The number of pyridine rings is 1. The van der Waals surface area contributed by atoms with Crippen LogP contribution in [-0.2, 0) is 6.54 Å². The van der Waals surface area contributed by atoms with Crippen LogP contribution in [0.5, 0.6) is 0 Å². The van der Waals surface area contributed by atoms with Gasteiger partial charge in [0, 0.05) is 17.3 Å². The molecule has 0 fully saturated rings. The van der Waals surface area contributed by atoms with Gasteiger partial charge >= 0.3 is 0 Å². The van der Waals surface area contributed by atoms with E-state index in [-0.39, 0.29) is 17.0 Å². The van der Waals surface area contributed by atoms with Gasteiger partial charge in [-0.25, -0.2) is 4.98 Å². The van der Waals surface area contributed by atoms with Gasteiger partial charge in [-0.1, -0.05) is 0 Å². The fraction of sp³-hybridized carbons (Fsp3) is 0.182. The number of nitrogens with zero attached hydrogens (tertiary/aromatic N) is 1. The highest BCUT2D eigenvalue weighted by Crippen LogP contribution is 2.07. The van der Waals surface area contributed by atoms with Crippen LogP contribution in [0.3, 0.4) is 0 Å². The molecule has 0 aliphatic heterocycles. The summed E-state index contributed by atoms with van der Waals surface area (Å²) in [6.45, 7) is 2.23. The van der Waals surface area contributed by atoms with Gasteiger partial charge < -0.3 is 10.3 Å². The van der Waals surface area contributed by atoms with Crippen molar-refractivity contribution in [1.82, 2.24) is 15.3 Å². The van der Waals surface area contributed by atoms with Crippen LogP contribution in [0.1, 0.15) is 21.1 Å². The molecule has 2 N–H and O–H groups in total. The maximum atomic E-state index is 11.7. The minimum Gasteiger partial charge on any atom is -0.345 e. The Morgan fingerprint density at radius 3 is 3.06 bits per heavy atom. The third-order valence-electron chi connectivity index (χ3n) is 2.13. The molecule has 2 aromatic rings. The molecule has 0 saturated carbocycles. The van der Waals surface area contributed by atoms with Crippen LogP contribution in [-0.4, -0.2) is 15.9 Å². The molecular formula is C11H11N3O2S. The number of aromatic nitrogens is 2. The van der Waals surface area contributed by atoms with Crippen molar-refractivity contribution in [1.29, 1.82) is 0 Å². The fourth-order valence-corrected chi connectivity index (χ4v) is 2.05. The molecule has 6 heteroatoms. The molecule has 0 aliphatic carbocycles. The van der Waals surface area contributed by atoms with Gasteiger partial charge in [0.25, 0.3) is 11.5 Å². The number of amides is 1. The van der Waals surface area contributed by atoms with Crippen molar-refractivity contribution in [2.45, 2.75) is 13.5 Å². The zero-order valence-electron chi connectivity index (χ0n) is 9.19. The Kier molecular flexibility index (Phi) is 3.34. The molecule has 2 rings (SSSR count). The second kappa shape index (κ2) is 4.92. The highest BCUT2D eigenvalue weighted by molar-refractivity contribution is 7.09. The number of aryl methyl sites for hydroxylation is 1. The average molecular weight is 249 g/mol. The average Bonchev–Trinajstić information content (AvgIpc) is 2.73. The molecule has 0 bridgehead atoms. The standard InChI is InChI=1S/C11H11N3O2S/c1-7-6-17-9(14-7)5-13-11(16)8-3-2-4-12-10(8)15/h2-4,6H,5H2,1H3,(H,12,15)(H,13,16). The van der Waals surface area contributed by atoms with Crippen molar-refractivity contribution in [2.75, 3.05) is 0 Å². The van der Waals surface area contributed by atoms with Crippen LogP contribution < -0.4 is 10.9 Å². The maximum absolute atomic E-state index is 11.7. The van der Waals surface area contributed by atoms with E-state index in [1.165, 1.54) is 23.6 Å². The lowest BCUT2D eigenvalue weighted by atomic mass is 10.2. The number of aromatic amines is 1. The quantitative estimate of drug-likeness (QED) is 0.854. The highest BCUT2D eigenvalue weighted by atomic mass is 32.1. The lowest BCUT2D eigenvalue weighted by molar-refractivity contribution is 0.0949. The Morgan fingerprint density at radius 2 is 2.41 bits per heavy atom. The van der Waals surface area contributed by atoms with Crippen LogP contribution in [0, 0.1) is 6.92 Å². The highest BCUT2D eigenvalue weighted by Gasteiger charge is 2.09. The van der Waals surface area contributed by atoms with Crippen LogP contribution in [0.2, 0.25) is 0 Å². The molecule has 2 aromatic heterocycles. The van der Waals surface area contributed by atoms with E-state index >= 15 is 0 Å². The molecule has 5 nitrogen and oxygen atoms in total. The normalized spacial score (nSPS) is 10.2. The SMILES string of the molecule is Cc1csc(CNC(=O)c2ccc[nH]c2=O)n1. The summed E-state index contributed by atoms with van der Waals surface area (Å²) < 4.78 is 0. The fourth-order valence-electron chi connectivity index (χ4n) is 1.34. The van der Waals surface area contributed by atoms with Crippen molar-refractivity contribution in [2.24, 2.45) is 0 Å². The summed E-state index contributed by atoms with van der Waals surface area (Å²) in [6, 6.07) is 3.10. The van der Waals surface area contributed by atoms with Crippen LogP contribution in [0.15, 0.2) is 28.5 Å². The Hall–Kier alpha value is -1.95. The summed E-state index contributed by atoms with van der Waals surface area (Å²) in [5, 5.41) is 5.39. The van der Waals surface area contributed by atoms with E-state index < -0.39 is 0 Å². The van der Waals surface area contributed by atoms with Gasteiger partial charge in [-0.2, -0.15) is 0 Å². The molecule has 0 radical (unpaired) electrons. The maximum Gasteiger partial charge on any atom is 0.260 e. The first-order valence-corrected chi connectivity index (χ1v) is 5.91. The zero-order chi connectivity index (χ0) is 12.3. The van der Waals surface area contributed by atoms with Crippen molar-refractivity contribution in [3.05, 3.63) is 50.3 Å². The molecule has 0 saturated heterocycles. The van der Waals surface area contributed by atoms with Gasteiger partial charge in [-0.3, -0.25) is 9.59 Å². The third kappa shape index (κ3) is 2.79. The predicted octanol–water partition coefficient (Wildman–Crippen LogP) is 1.07. The minimum atomic E-state index is -0.389. The van der Waals surface area contributed by atoms with Crippen LogP contribution >= 0.6 is 11.3 Å². The molecule has 0 aliphatic rings. The zero-order valence-corrected chi connectivity index (χ0v) is 10.0. The summed E-state index contributed by atoms with van der Waals surface area (Å²) in [5.74, 6) is -0.389. The molecule has 0 atom stereocenters. The second-order valence-electron chi connectivity index (χ2n) is 3.48. The number of carbonyl (C=O) groups excluding carboxylic acids is 1. The Bertz CT molecular complexity index is 588. The molecule has 0 unspecified atom stereocenters. The topological polar surface area (TPSA) is 74.8 Å². The molecule has 17 heavy (non-hydrogen) atoms. The summed E-state index contributed by atoms with van der Waals surface area (Å²) in [4.78, 5) is 29.7. The third-order valence-corrected chi connectivity index (χ3v) is 3.10. The van der Waals surface area contributed by atoms with Crippen molar-refractivity contribution in [3.63, 3.8) is 0 Å². The van der Waals surface area contributed by atoms with E-state index in [4.69, 9.17) is 0 Å². The van der Waals surface area contributed by atoms with E-state index in [0.29, 0.717) is 6.54 Å². The summed E-state index contributed by atoms with van der Waals surface area (Å²) in [6.07, 6.45) is 1.49. The van der Waals surface area contributed by atoms with Gasteiger partial charge in [-0.05, 0) is 19.1 Å². The molecule has 2 heterocycles. The monoisotopic (exact) mass is 249 g/mol. The number of thiazole rings is 1. The summed E-state index contributed by atoms with van der Waals surface area (Å²) >= 11 is 1.48. The van der Waals surface area contributed by atoms with Gasteiger partial charge in [0.1, 0.15) is 10.6 Å². The molecule has 1 amide bonds. The first-order chi connectivity index (χ1) is 8.16. The number of hydrogen-bond acceptors (Lipinski definition) is 4. The predicted molar refractivity (Wildman–Crippen MR) is 65.1 cm³/mol. The molecule has 0 aromatic carbocycles. The van der Waals surface area contributed by atoms with E-state index in [1.807, 2.05) is 12.3 Å². The number of H-pyrrole nitrogens is 1. The number of nitrogens with one attached hydrogen (secondary N) is 2. The Balaban J connectivity index is 2.03. The number of hydrogen-bond donors (Lipinski definition) is 2. The van der Waals surface area contributed by atoms with Gasteiger partial charge in [0.05, 0.1) is 6.54 Å². The molecule has 0 spiro atoms. The Morgan fingerprint density at radius 1 is 1.59 bits per heavy atom. The number of carbonyl (C=O) groups is 1. The first-order valence-electron chi connectivity index (χ1n) is 5.04. The second-order valence-corrected chi connectivity index (χ2v) is 4.42. The van der Waals surface area contributed by atoms with Gasteiger partial charge in [0.2, 0.25) is 0 Å².